The maximum Gasteiger partial charge on any atom is 0.142 e. The predicted molar refractivity (Wildman–Crippen MR) is 82.3 cm³/mol. The summed E-state index contributed by atoms with van der Waals surface area (Å²) in [7, 11) is 0. The van der Waals surface area contributed by atoms with E-state index in [9.17, 15) is 8.78 Å². The van der Waals surface area contributed by atoms with Gasteiger partial charge in [-0.3, -0.25) is 4.98 Å². The van der Waals surface area contributed by atoms with E-state index in [1.807, 2.05) is 0 Å². The molecule has 21 heavy (non-hydrogen) atoms. The molecule has 0 fully saturated rings. The number of aromatic nitrogens is 1. The summed E-state index contributed by atoms with van der Waals surface area (Å²) < 4.78 is 27.6. The number of pyridine rings is 1. The zero-order valence-electron chi connectivity index (χ0n) is 11.6. The van der Waals surface area contributed by atoms with Gasteiger partial charge in [-0.15, -0.1) is 0 Å². The van der Waals surface area contributed by atoms with Gasteiger partial charge in [-0.2, -0.15) is 0 Å². The second-order valence-corrected chi connectivity index (χ2v) is 5.20. The van der Waals surface area contributed by atoms with E-state index in [4.69, 9.17) is 11.6 Å². The topological polar surface area (TPSA) is 24.9 Å². The molecule has 1 atom stereocenters. The maximum atomic E-state index is 13.8. The Morgan fingerprint density at radius 1 is 1.52 bits per heavy atom. The van der Waals surface area contributed by atoms with E-state index in [0.717, 1.165) is 0 Å². The van der Waals surface area contributed by atoms with Crippen molar-refractivity contribution in [1.82, 2.24) is 10.3 Å². The molecule has 5 heteroatoms. The van der Waals surface area contributed by atoms with E-state index in [1.54, 1.807) is 24.4 Å². The Morgan fingerprint density at radius 2 is 2.33 bits per heavy atom. The summed E-state index contributed by atoms with van der Waals surface area (Å²) in [4.78, 5) is 4.12. The van der Waals surface area contributed by atoms with Crippen LogP contribution in [0.5, 0.6) is 0 Å². The van der Waals surface area contributed by atoms with E-state index in [1.165, 1.54) is 6.08 Å². The molecule has 112 valence electrons. The maximum absolute atomic E-state index is 13.8. The number of alkyl halides is 1. The van der Waals surface area contributed by atoms with Gasteiger partial charge < -0.3 is 5.32 Å². The predicted octanol–water partition coefficient (Wildman–Crippen LogP) is 4.60. The molecule has 0 radical (unpaired) electrons. The summed E-state index contributed by atoms with van der Waals surface area (Å²) >= 11 is 6.01. The van der Waals surface area contributed by atoms with Crippen LogP contribution in [0.4, 0.5) is 8.78 Å². The zero-order chi connectivity index (χ0) is 15.2. The summed E-state index contributed by atoms with van der Waals surface area (Å²) in [6, 6.07) is 3.44. The first kappa shape index (κ1) is 15.7. The van der Waals surface area contributed by atoms with Crippen molar-refractivity contribution in [3.63, 3.8) is 0 Å². The SMILES string of the molecule is C=C(NCCC1=C(F)CCC=CC1F)c1ncccc1Cl. The van der Waals surface area contributed by atoms with Gasteiger partial charge in [-0.1, -0.05) is 30.3 Å². The van der Waals surface area contributed by atoms with Crippen LogP contribution >= 0.6 is 11.6 Å². The molecular weight excluding hydrogens is 294 g/mol. The van der Waals surface area contributed by atoms with Crippen LogP contribution in [-0.2, 0) is 0 Å². The van der Waals surface area contributed by atoms with Crippen LogP contribution in [0.15, 0.2) is 48.5 Å². The van der Waals surface area contributed by atoms with Gasteiger partial charge in [0.1, 0.15) is 17.7 Å². The van der Waals surface area contributed by atoms with Crippen LogP contribution in [0.1, 0.15) is 25.0 Å². The Kier molecular flexibility index (Phi) is 5.51. The monoisotopic (exact) mass is 310 g/mol. The molecular formula is C16H17ClF2N2. The van der Waals surface area contributed by atoms with Crippen LogP contribution in [0.3, 0.4) is 0 Å². The summed E-state index contributed by atoms with van der Waals surface area (Å²) in [5, 5.41) is 3.50. The van der Waals surface area contributed by atoms with Crippen molar-refractivity contribution in [3.05, 3.63) is 59.2 Å². The van der Waals surface area contributed by atoms with Crippen molar-refractivity contribution in [1.29, 1.82) is 0 Å². The van der Waals surface area contributed by atoms with Crippen LogP contribution in [0.25, 0.3) is 5.70 Å². The Balaban J connectivity index is 1.93. The largest absolute Gasteiger partial charge is 0.383 e. The highest BCUT2D eigenvalue weighted by Crippen LogP contribution is 2.25. The summed E-state index contributed by atoms with van der Waals surface area (Å²) in [5.41, 5.74) is 1.29. The van der Waals surface area contributed by atoms with Gasteiger partial charge in [0.25, 0.3) is 0 Å². The molecule has 0 amide bonds. The average molecular weight is 311 g/mol. The number of hydrogen-bond acceptors (Lipinski definition) is 2. The second-order valence-electron chi connectivity index (χ2n) is 4.79. The fourth-order valence-corrected chi connectivity index (χ4v) is 2.40. The van der Waals surface area contributed by atoms with Gasteiger partial charge in [0, 0.05) is 24.7 Å². The average Bonchev–Trinajstić information content (AvgIpc) is 2.62. The Labute approximate surface area is 128 Å². The standard InChI is InChI=1S/C16H17ClF2N2/c1-11(16-13(17)5-4-9-21-16)20-10-8-12-14(18)6-2-3-7-15(12)19/h2,4-6,9,14,20H,1,3,7-8,10H2. The van der Waals surface area contributed by atoms with Crippen LogP contribution in [0, 0.1) is 0 Å². The number of rotatable bonds is 5. The normalized spacial score (nSPS) is 18.5. The molecule has 1 heterocycles. The second kappa shape index (κ2) is 7.36. The third-order valence-corrected chi connectivity index (χ3v) is 3.60. The molecule has 1 aliphatic rings. The minimum Gasteiger partial charge on any atom is -0.383 e. The third kappa shape index (κ3) is 4.14. The fraction of sp³-hybridized carbons (Fsp3) is 0.312. The quantitative estimate of drug-likeness (QED) is 0.804. The number of hydrogen-bond donors (Lipinski definition) is 1. The Hall–Kier alpha value is -1.68. The van der Waals surface area contributed by atoms with E-state index in [-0.39, 0.29) is 24.2 Å². The molecule has 2 rings (SSSR count). The lowest BCUT2D eigenvalue weighted by Crippen LogP contribution is -2.17. The van der Waals surface area contributed by atoms with Crippen LogP contribution in [0.2, 0.25) is 5.02 Å². The van der Waals surface area contributed by atoms with E-state index in [0.29, 0.717) is 29.4 Å². The number of allylic oxidation sites excluding steroid dienone is 3. The van der Waals surface area contributed by atoms with Gasteiger partial charge in [0.05, 0.1) is 10.7 Å². The zero-order valence-corrected chi connectivity index (χ0v) is 12.3. The van der Waals surface area contributed by atoms with Gasteiger partial charge in [0.15, 0.2) is 0 Å². The van der Waals surface area contributed by atoms with Crippen molar-refractivity contribution < 1.29 is 8.78 Å². The fourth-order valence-electron chi connectivity index (χ4n) is 2.17. The molecule has 0 aliphatic heterocycles. The molecule has 1 aromatic heterocycles. The van der Waals surface area contributed by atoms with Gasteiger partial charge in [-0.25, -0.2) is 8.78 Å². The highest BCUT2D eigenvalue weighted by molar-refractivity contribution is 6.32. The molecule has 0 spiro atoms. The molecule has 1 aromatic rings. The first-order valence-electron chi connectivity index (χ1n) is 6.81. The minimum atomic E-state index is -1.35. The molecule has 0 aromatic carbocycles. The highest BCUT2D eigenvalue weighted by atomic mass is 35.5. The van der Waals surface area contributed by atoms with Crippen LogP contribution < -0.4 is 5.32 Å². The number of nitrogens with zero attached hydrogens (tertiary/aromatic N) is 1. The Bertz CT molecular complexity index is 581. The van der Waals surface area contributed by atoms with Crippen molar-refractivity contribution in [2.75, 3.05) is 6.54 Å². The summed E-state index contributed by atoms with van der Waals surface area (Å²) in [5.74, 6) is -0.351. The van der Waals surface area contributed by atoms with E-state index in [2.05, 4.69) is 16.9 Å². The summed E-state index contributed by atoms with van der Waals surface area (Å²) in [6.07, 6.45) is 4.44. The molecule has 1 aliphatic carbocycles. The minimum absolute atomic E-state index is 0.205. The third-order valence-electron chi connectivity index (χ3n) is 3.29. The smallest absolute Gasteiger partial charge is 0.142 e. The molecule has 0 saturated heterocycles. The van der Waals surface area contributed by atoms with Crippen molar-refractivity contribution in [3.8, 4) is 0 Å². The van der Waals surface area contributed by atoms with E-state index < -0.39 is 6.17 Å². The van der Waals surface area contributed by atoms with Gasteiger partial charge in [-0.05, 0) is 25.0 Å². The molecule has 0 saturated carbocycles. The Morgan fingerprint density at radius 3 is 3.10 bits per heavy atom. The first-order chi connectivity index (χ1) is 10.1. The lowest BCUT2D eigenvalue weighted by molar-refractivity contribution is 0.423. The number of halogens is 3. The first-order valence-corrected chi connectivity index (χ1v) is 7.19. The van der Waals surface area contributed by atoms with Crippen LogP contribution in [-0.4, -0.2) is 17.7 Å². The highest BCUT2D eigenvalue weighted by Gasteiger charge is 2.17. The molecule has 2 nitrogen and oxygen atoms in total. The molecule has 1 N–H and O–H groups in total. The van der Waals surface area contributed by atoms with Gasteiger partial charge >= 0.3 is 0 Å². The lowest BCUT2D eigenvalue weighted by Gasteiger charge is -2.13. The van der Waals surface area contributed by atoms with Crippen molar-refractivity contribution >= 4 is 17.3 Å². The molecule has 0 bridgehead atoms. The lowest BCUT2D eigenvalue weighted by atomic mass is 10.1. The number of nitrogens with one attached hydrogen (secondary N) is 1. The molecule has 1 unspecified atom stereocenters. The van der Waals surface area contributed by atoms with Gasteiger partial charge in [0.2, 0.25) is 0 Å². The summed E-state index contributed by atoms with van der Waals surface area (Å²) in [6.45, 7) is 4.23. The van der Waals surface area contributed by atoms with E-state index >= 15 is 0 Å². The van der Waals surface area contributed by atoms with Crippen molar-refractivity contribution in [2.24, 2.45) is 0 Å². The van der Waals surface area contributed by atoms with Crippen molar-refractivity contribution in [2.45, 2.75) is 25.4 Å².